The van der Waals surface area contributed by atoms with Crippen molar-refractivity contribution < 1.29 is 42.4 Å². The predicted molar refractivity (Wildman–Crippen MR) is 166 cm³/mol. The van der Waals surface area contributed by atoms with Gasteiger partial charge in [0.15, 0.2) is 11.4 Å². The standard InChI is InChI=1S/C32H38N4O8.2H2/c1-35(2)20-12-17(14-34-13-15-8-6-7-9-21(15)44-5)26(37)23-18(20)10-16-11-19-25(36(3)4)28(39)24(31(33)42)30(41)32(19,43)29(40)22(16)27(23)38;;/h6-9,12,16,19,25,34,37-38,41,43H,10-11,13-14H2,1-5H3,(H2,33,42);2*1H/t16?,19?,25?,32-;;/m0../s1. The SMILES string of the molecule is COc1ccccc1CNCc1cc(N(C)C)c2c(c1O)C(O)=C1C(=O)[C@]3(O)C(O)=C(C(N)=O)C(=O)C(N(C)C)C3CC1C2.[HH].[HH]. The molecule has 0 aromatic heterocycles. The topological polar surface area (TPSA) is 186 Å². The second-order valence-electron chi connectivity index (χ2n) is 12.0. The molecule has 12 nitrogen and oxygen atoms in total. The number of hydrogen-bond donors (Lipinski definition) is 6. The number of likely N-dealkylation sites (N-methyl/N-ethyl adjacent to an activating group) is 1. The van der Waals surface area contributed by atoms with Crippen molar-refractivity contribution in [2.75, 3.05) is 40.2 Å². The Morgan fingerprint density at radius 3 is 2.39 bits per heavy atom. The number of phenols is 1. The molecular weight excluding hydrogens is 568 g/mol. The molecule has 1 amide bonds. The summed E-state index contributed by atoms with van der Waals surface area (Å²) < 4.78 is 5.41. The number of benzene rings is 2. The predicted octanol–water partition coefficient (Wildman–Crippen LogP) is 1.82. The van der Waals surface area contributed by atoms with Crippen LogP contribution in [0.25, 0.3) is 5.76 Å². The van der Waals surface area contributed by atoms with Crippen LogP contribution in [0.2, 0.25) is 0 Å². The normalized spacial score (nSPS) is 24.7. The van der Waals surface area contributed by atoms with E-state index >= 15 is 0 Å². The lowest BCUT2D eigenvalue weighted by molar-refractivity contribution is -0.153. The molecule has 7 N–H and O–H groups in total. The van der Waals surface area contributed by atoms with Crippen molar-refractivity contribution in [2.24, 2.45) is 17.6 Å². The number of carbonyl (C=O) groups excluding carboxylic acids is 3. The number of carbonyl (C=O) groups is 3. The Hall–Kier alpha value is -4.39. The molecular formula is C32H42N4O8. The number of para-hydroxylation sites is 1. The van der Waals surface area contributed by atoms with Crippen LogP contribution in [0.4, 0.5) is 5.69 Å². The fourth-order valence-corrected chi connectivity index (χ4v) is 7.06. The maximum Gasteiger partial charge on any atom is 0.255 e. The van der Waals surface area contributed by atoms with Gasteiger partial charge in [-0.25, -0.2) is 0 Å². The number of rotatable bonds is 8. The monoisotopic (exact) mass is 610 g/mol. The summed E-state index contributed by atoms with van der Waals surface area (Å²) in [4.78, 5) is 43.0. The van der Waals surface area contributed by atoms with Gasteiger partial charge in [-0.05, 0) is 50.6 Å². The zero-order chi connectivity index (χ0) is 32.2. The van der Waals surface area contributed by atoms with Gasteiger partial charge in [0.25, 0.3) is 5.91 Å². The molecule has 0 bridgehead atoms. The van der Waals surface area contributed by atoms with Crippen LogP contribution in [-0.4, -0.2) is 89.7 Å². The van der Waals surface area contributed by atoms with E-state index < -0.39 is 58.0 Å². The fraction of sp³-hybridized carbons (Fsp3) is 0.406. The number of aliphatic hydroxyl groups excluding tert-OH is 2. The van der Waals surface area contributed by atoms with Crippen molar-refractivity contribution in [2.45, 2.75) is 37.6 Å². The Balaban J connectivity index is 0.00000288. The first kappa shape index (κ1) is 31.0. The first-order valence-electron chi connectivity index (χ1n) is 14.3. The highest BCUT2D eigenvalue weighted by Gasteiger charge is 2.64. The van der Waals surface area contributed by atoms with Gasteiger partial charge in [0.2, 0.25) is 5.78 Å². The first-order valence-corrected chi connectivity index (χ1v) is 14.3. The number of aliphatic hydroxyl groups is 3. The van der Waals surface area contributed by atoms with Crippen LogP contribution in [0.5, 0.6) is 11.5 Å². The van der Waals surface area contributed by atoms with Crippen LogP contribution >= 0.6 is 0 Å². The molecule has 4 atom stereocenters. The third kappa shape index (κ3) is 4.61. The molecule has 12 heteroatoms. The number of ether oxygens (including phenoxy) is 1. The molecule has 0 spiro atoms. The number of methoxy groups -OCH3 is 1. The number of fused-ring (bicyclic) bond motifs is 3. The molecule has 0 saturated heterocycles. The van der Waals surface area contributed by atoms with E-state index in [1.165, 1.54) is 4.90 Å². The van der Waals surface area contributed by atoms with Gasteiger partial charge in [0, 0.05) is 58.3 Å². The number of nitrogens with zero attached hydrogens (tertiary/aromatic N) is 2. The Kier molecular flexibility index (Phi) is 7.95. The van der Waals surface area contributed by atoms with Gasteiger partial charge in [-0.1, -0.05) is 18.2 Å². The van der Waals surface area contributed by atoms with Gasteiger partial charge >= 0.3 is 0 Å². The molecule has 3 aliphatic carbocycles. The van der Waals surface area contributed by atoms with E-state index in [0.717, 1.165) is 5.56 Å². The maximum atomic E-state index is 14.1. The van der Waals surface area contributed by atoms with Gasteiger partial charge in [0.1, 0.15) is 28.6 Å². The molecule has 0 radical (unpaired) electrons. The molecule has 2 aromatic carbocycles. The van der Waals surface area contributed by atoms with Crippen LogP contribution in [0.3, 0.4) is 0 Å². The van der Waals surface area contributed by atoms with Crippen molar-refractivity contribution in [3.05, 3.63) is 69.5 Å². The van der Waals surface area contributed by atoms with Crippen LogP contribution in [0, 0.1) is 11.8 Å². The number of Topliss-reactive ketones (excluding diaryl/α,β-unsaturated/α-hetero) is 2. The molecule has 238 valence electrons. The number of phenolic OH excluding ortho intramolecular Hbond substituents is 1. The number of primary amides is 1. The lowest BCUT2D eigenvalue weighted by atomic mass is 9.57. The Labute approximate surface area is 258 Å². The summed E-state index contributed by atoms with van der Waals surface area (Å²) in [5, 5.41) is 49.3. The molecule has 1 fully saturated rings. The molecule has 1 saturated carbocycles. The number of amides is 1. The summed E-state index contributed by atoms with van der Waals surface area (Å²) in [6.45, 7) is 0.640. The number of aromatic hydroxyl groups is 1. The minimum atomic E-state index is -2.68. The molecule has 44 heavy (non-hydrogen) atoms. The third-order valence-electron chi connectivity index (χ3n) is 9.08. The average molecular weight is 611 g/mol. The molecule has 0 aliphatic heterocycles. The summed E-state index contributed by atoms with van der Waals surface area (Å²) in [7, 11) is 8.38. The van der Waals surface area contributed by atoms with E-state index in [-0.39, 0.29) is 39.1 Å². The van der Waals surface area contributed by atoms with Gasteiger partial charge in [-0.15, -0.1) is 0 Å². The second kappa shape index (κ2) is 11.3. The van der Waals surface area contributed by atoms with Gasteiger partial charge in [-0.2, -0.15) is 0 Å². The Bertz CT molecular complexity index is 1640. The van der Waals surface area contributed by atoms with Crippen LogP contribution in [0.1, 0.15) is 31.5 Å². The second-order valence-corrected chi connectivity index (χ2v) is 12.0. The third-order valence-corrected chi connectivity index (χ3v) is 9.08. The quantitative estimate of drug-likeness (QED) is 0.240. The van der Waals surface area contributed by atoms with Gasteiger partial charge in [0.05, 0.1) is 18.7 Å². The minimum absolute atomic E-state index is 0. The Morgan fingerprint density at radius 2 is 1.77 bits per heavy atom. The minimum Gasteiger partial charge on any atom is -0.508 e. The van der Waals surface area contributed by atoms with E-state index in [1.807, 2.05) is 49.3 Å². The first-order chi connectivity index (χ1) is 20.7. The number of ketones is 2. The summed E-state index contributed by atoms with van der Waals surface area (Å²) in [6.07, 6.45) is 0.242. The van der Waals surface area contributed by atoms with E-state index in [0.29, 0.717) is 29.1 Å². The van der Waals surface area contributed by atoms with Crippen molar-refractivity contribution >= 4 is 28.9 Å². The maximum absolute atomic E-state index is 14.1. The van der Waals surface area contributed by atoms with Crippen molar-refractivity contribution in [3.8, 4) is 11.5 Å². The summed E-state index contributed by atoms with van der Waals surface area (Å²) in [5.74, 6) is -6.02. The van der Waals surface area contributed by atoms with Crippen molar-refractivity contribution in [3.63, 3.8) is 0 Å². The number of nitrogens with one attached hydrogen (secondary N) is 1. The number of nitrogens with two attached hydrogens (primary N) is 1. The summed E-state index contributed by atoms with van der Waals surface area (Å²) >= 11 is 0. The van der Waals surface area contributed by atoms with E-state index in [1.54, 1.807) is 21.2 Å². The molecule has 5 rings (SSSR count). The number of anilines is 1. The van der Waals surface area contributed by atoms with E-state index in [4.69, 9.17) is 10.5 Å². The smallest absolute Gasteiger partial charge is 0.255 e. The highest BCUT2D eigenvalue weighted by atomic mass is 16.5. The molecule has 2 aromatic rings. The van der Waals surface area contributed by atoms with Gasteiger partial charge in [-0.3, -0.25) is 19.3 Å². The Morgan fingerprint density at radius 1 is 1.11 bits per heavy atom. The lowest BCUT2D eigenvalue weighted by Gasteiger charge is -2.50. The largest absolute Gasteiger partial charge is 0.508 e. The zero-order valence-corrected chi connectivity index (χ0v) is 25.3. The summed E-state index contributed by atoms with van der Waals surface area (Å²) in [5.41, 5.74) is 4.45. The highest BCUT2D eigenvalue weighted by Crippen LogP contribution is 2.54. The summed E-state index contributed by atoms with van der Waals surface area (Å²) in [6, 6.07) is 8.21. The van der Waals surface area contributed by atoms with E-state index in [2.05, 4.69) is 5.32 Å². The lowest BCUT2D eigenvalue weighted by Crippen LogP contribution is -2.65. The fourth-order valence-electron chi connectivity index (χ4n) is 7.06. The molecule has 3 aliphatic rings. The van der Waals surface area contributed by atoms with Crippen LogP contribution in [-0.2, 0) is 33.9 Å². The van der Waals surface area contributed by atoms with Gasteiger partial charge < -0.3 is 41.1 Å². The molecule has 3 unspecified atom stereocenters. The highest BCUT2D eigenvalue weighted by molar-refractivity contribution is 6.24. The van der Waals surface area contributed by atoms with E-state index in [9.17, 15) is 34.8 Å². The van der Waals surface area contributed by atoms with Crippen LogP contribution in [0.15, 0.2) is 47.2 Å². The van der Waals surface area contributed by atoms with Crippen molar-refractivity contribution in [1.29, 1.82) is 0 Å². The zero-order valence-electron chi connectivity index (χ0n) is 25.3. The average Bonchev–Trinajstić information content (AvgIpc) is 2.95. The van der Waals surface area contributed by atoms with Crippen LogP contribution < -0.4 is 20.7 Å². The number of hydrogen-bond acceptors (Lipinski definition) is 11. The van der Waals surface area contributed by atoms with Crippen molar-refractivity contribution in [1.82, 2.24) is 10.2 Å². The molecule has 0 heterocycles.